The Morgan fingerprint density at radius 2 is 2.05 bits per heavy atom. The third kappa shape index (κ3) is 6.10. The molecule has 20 heavy (non-hydrogen) atoms. The zero-order valence-electron chi connectivity index (χ0n) is 12.2. The number of hydrogen-bond acceptors (Lipinski definition) is 4. The summed E-state index contributed by atoms with van der Waals surface area (Å²) >= 11 is 1.53. The highest BCUT2D eigenvalue weighted by Gasteiger charge is 2.05. The van der Waals surface area contributed by atoms with E-state index in [0.717, 1.165) is 4.90 Å². The van der Waals surface area contributed by atoms with E-state index in [0.29, 0.717) is 25.1 Å². The number of carbonyl (C=O) groups is 2. The van der Waals surface area contributed by atoms with Gasteiger partial charge >= 0.3 is 5.97 Å². The van der Waals surface area contributed by atoms with Crippen molar-refractivity contribution in [1.29, 1.82) is 0 Å². The smallest absolute Gasteiger partial charge is 0.305 e. The molecule has 0 fully saturated rings. The second kappa shape index (κ2) is 8.64. The molecule has 1 N–H and O–H groups in total. The Morgan fingerprint density at radius 1 is 1.30 bits per heavy atom. The Bertz CT molecular complexity index is 474. The van der Waals surface area contributed by atoms with Crippen LogP contribution in [0, 0.1) is 13.8 Å². The van der Waals surface area contributed by atoms with Gasteiger partial charge in [-0.1, -0.05) is 17.7 Å². The third-order valence-electron chi connectivity index (χ3n) is 2.80. The summed E-state index contributed by atoms with van der Waals surface area (Å²) in [5.74, 6) is 0.131. The van der Waals surface area contributed by atoms with Crippen molar-refractivity contribution in [2.45, 2.75) is 31.6 Å². The molecule has 0 unspecified atom stereocenters. The van der Waals surface area contributed by atoms with Crippen LogP contribution >= 0.6 is 11.8 Å². The number of hydrogen-bond donors (Lipinski definition) is 1. The van der Waals surface area contributed by atoms with E-state index in [4.69, 9.17) is 0 Å². The van der Waals surface area contributed by atoms with Crippen LogP contribution in [0.15, 0.2) is 23.1 Å². The summed E-state index contributed by atoms with van der Waals surface area (Å²) in [7, 11) is 1.36. The van der Waals surface area contributed by atoms with Gasteiger partial charge in [-0.25, -0.2) is 0 Å². The van der Waals surface area contributed by atoms with E-state index in [-0.39, 0.29) is 11.9 Å². The predicted molar refractivity (Wildman–Crippen MR) is 80.9 cm³/mol. The van der Waals surface area contributed by atoms with E-state index < -0.39 is 0 Å². The van der Waals surface area contributed by atoms with Crippen molar-refractivity contribution in [3.63, 3.8) is 0 Å². The number of esters is 1. The molecule has 0 saturated carbocycles. The van der Waals surface area contributed by atoms with Gasteiger partial charge in [-0.2, -0.15) is 0 Å². The number of rotatable bonds is 7. The van der Waals surface area contributed by atoms with E-state index in [1.54, 1.807) is 0 Å². The minimum Gasteiger partial charge on any atom is -0.469 e. The van der Waals surface area contributed by atoms with Gasteiger partial charge in [0, 0.05) is 17.9 Å². The molecule has 5 heteroatoms. The van der Waals surface area contributed by atoms with Crippen molar-refractivity contribution in [3.8, 4) is 0 Å². The van der Waals surface area contributed by atoms with Gasteiger partial charge in [0.15, 0.2) is 0 Å². The molecule has 0 radical (unpaired) electrons. The first-order valence-electron chi connectivity index (χ1n) is 6.56. The summed E-state index contributed by atoms with van der Waals surface area (Å²) in [5.41, 5.74) is 2.41. The van der Waals surface area contributed by atoms with Crippen LogP contribution in [-0.4, -0.2) is 31.3 Å². The number of aryl methyl sites for hydroxylation is 2. The van der Waals surface area contributed by atoms with E-state index in [1.165, 1.54) is 30.0 Å². The standard InChI is InChI=1S/C15H21NO3S/c1-11-6-7-13(12(2)9-11)20-10-14(17)16-8-4-5-15(18)19-3/h6-7,9H,4-5,8,10H2,1-3H3,(H,16,17). The lowest BCUT2D eigenvalue weighted by molar-refractivity contribution is -0.140. The molecule has 1 rings (SSSR count). The maximum Gasteiger partial charge on any atom is 0.305 e. The molecule has 0 aliphatic carbocycles. The van der Waals surface area contributed by atoms with Gasteiger partial charge in [0.1, 0.15) is 0 Å². The first-order valence-corrected chi connectivity index (χ1v) is 7.55. The maximum absolute atomic E-state index is 11.7. The molecular formula is C15H21NO3S. The Hall–Kier alpha value is -1.49. The third-order valence-corrected chi connectivity index (χ3v) is 3.97. The summed E-state index contributed by atoms with van der Waals surface area (Å²) in [4.78, 5) is 23.7. The van der Waals surface area contributed by atoms with Crippen LogP contribution in [0.3, 0.4) is 0 Å². The number of amides is 1. The molecule has 1 aromatic rings. The number of ether oxygens (including phenoxy) is 1. The summed E-state index contributed by atoms with van der Waals surface area (Å²) in [6.45, 7) is 4.60. The van der Waals surface area contributed by atoms with Crippen molar-refractivity contribution in [2.24, 2.45) is 0 Å². The summed E-state index contributed by atoms with van der Waals surface area (Å²) in [6, 6.07) is 6.19. The number of nitrogens with one attached hydrogen (secondary N) is 1. The zero-order valence-corrected chi connectivity index (χ0v) is 13.0. The highest BCUT2D eigenvalue weighted by Crippen LogP contribution is 2.22. The molecule has 1 aromatic carbocycles. The molecule has 0 saturated heterocycles. The van der Waals surface area contributed by atoms with Crippen LogP contribution in [0.4, 0.5) is 0 Å². The molecule has 1 amide bonds. The lowest BCUT2D eigenvalue weighted by Gasteiger charge is -2.07. The minimum absolute atomic E-state index is 0.0140. The van der Waals surface area contributed by atoms with Crippen molar-refractivity contribution in [2.75, 3.05) is 19.4 Å². The Kier molecular flexibility index (Phi) is 7.15. The fraction of sp³-hybridized carbons (Fsp3) is 0.467. The number of methoxy groups -OCH3 is 1. The average Bonchev–Trinajstić information content (AvgIpc) is 2.42. The molecule has 0 aliphatic heterocycles. The van der Waals surface area contributed by atoms with Crippen LogP contribution in [0.5, 0.6) is 0 Å². The van der Waals surface area contributed by atoms with Crippen LogP contribution < -0.4 is 5.32 Å². The summed E-state index contributed by atoms with van der Waals surface area (Å²) in [5, 5.41) is 2.80. The summed E-state index contributed by atoms with van der Waals surface area (Å²) < 4.78 is 4.53. The fourth-order valence-electron chi connectivity index (χ4n) is 1.72. The highest BCUT2D eigenvalue weighted by atomic mass is 32.2. The fourth-order valence-corrected chi connectivity index (χ4v) is 2.56. The second-order valence-electron chi connectivity index (χ2n) is 4.59. The normalized spacial score (nSPS) is 10.2. The number of carbonyl (C=O) groups excluding carboxylic acids is 2. The molecule has 0 aliphatic rings. The van der Waals surface area contributed by atoms with Crippen molar-refractivity contribution in [3.05, 3.63) is 29.3 Å². The van der Waals surface area contributed by atoms with Crippen LogP contribution in [0.25, 0.3) is 0 Å². The van der Waals surface area contributed by atoms with Crippen molar-refractivity contribution in [1.82, 2.24) is 5.32 Å². The minimum atomic E-state index is -0.246. The largest absolute Gasteiger partial charge is 0.469 e. The SMILES string of the molecule is COC(=O)CCCNC(=O)CSc1ccc(C)cc1C. The molecule has 4 nitrogen and oxygen atoms in total. The molecule has 0 spiro atoms. The molecule has 110 valence electrons. The van der Waals surface area contributed by atoms with E-state index >= 15 is 0 Å². The van der Waals surface area contributed by atoms with Gasteiger partial charge < -0.3 is 10.1 Å². The van der Waals surface area contributed by atoms with Gasteiger partial charge in [0.2, 0.25) is 5.91 Å². The Balaban J connectivity index is 2.24. The first kappa shape index (κ1) is 16.6. The van der Waals surface area contributed by atoms with Gasteiger partial charge in [-0.05, 0) is 31.9 Å². The topological polar surface area (TPSA) is 55.4 Å². The quantitative estimate of drug-likeness (QED) is 0.477. The zero-order chi connectivity index (χ0) is 15.0. The molecular weight excluding hydrogens is 274 g/mol. The van der Waals surface area contributed by atoms with Crippen molar-refractivity contribution < 1.29 is 14.3 Å². The Morgan fingerprint density at radius 3 is 2.70 bits per heavy atom. The average molecular weight is 295 g/mol. The first-order chi connectivity index (χ1) is 9.52. The van der Waals surface area contributed by atoms with Crippen LogP contribution in [-0.2, 0) is 14.3 Å². The maximum atomic E-state index is 11.7. The molecule has 0 atom stereocenters. The Labute approximate surface area is 124 Å². The van der Waals surface area contributed by atoms with E-state index in [2.05, 4.69) is 23.0 Å². The van der Waals surface area contributed by atoms with Crippen molar-refractivity contribution >= 4 is 23.6 Å². The van der Waals surface area contributed by atoms with Gasteiger partial charge in [0.05, 0.1) is 12.9 Å². The van der Waals surface area contributed by atoms with Gasteiger partial charge in [0.25, 0.3) is 0 Å². The van der Waals surface area contributed by atoms with Gasteiger partial charge in [-0.15, -0.1) is 11.8 Å². The van der Waals surface area contributed by atoms with E-state index in [9.17, 15) is 9.59 Å². The van der Waals surface area contributed by atoms with Crippen LogP contribution in [0.2, 0.25) is 0 Å². The molecule has 0 bridgehead atoms. The van der Waals surface area contributed by atoms with Gasteiger partial charge in [-0.3, -0.25) is 9.59 Å². The van der Waals surface area contributed by atoms with E-state index in [1.807, 2.05) is 19.1 Å². The number of thioether (sulfide) groups is 1. The molecule has 0 aromatic heterocycles. The summed E-state index contributed by atoms with van der Waals surface area (Å²) in [6.07, 6.45) is 0.938. The lowest BCUT2D eigenvalue weighted by Crippen LogP contribution is -2.26. The number of benzene rings is 1. The predicted octanol–water partition coefficient (Wildman–Crippen LogP) is 2.46. The highest BCUT2D eigenvalue weighted by molar-refractivity contribution is 8.00. The lowest BCUT2D eigenvalue weighted by atomic mass is 10.2. The van der Waals surface area contributed by atoms with Crippen LogP contribution in [0.1, 0.15) is 24.0 Å². The molecule has 0 heterocycles. The monoisotopic (exact) mass is 295 g/mol. The second-order valence-corrected chi connectivity index (χ2v) is 5.60.